The molecule has 2 heteroatoms. The summed E-state index contributed by atoms with van der Waals surface area (Å²) < 4.78 is 0. The predicted molar refractivity (Wildman–Crippen MR) is 54.9 cm³/mol. The number of aromatic nitrogens is 2. The molecule has 0 unspecified atom stereocenters. The van der Waals surface area contributed by atoms with E-state index in [0.29, 0.717) is 5.92 Å². The van der Waals surface area contributed by atoms with Crippen LogP contribution in [0.2, 0.25) is 0 Å². The molecule has 0 saturated carbocycles. The molecule has 0 aliphatic rings. The molecule has 0 fully saturated rings. The van der Waals surface area contributed by atoms with Gasteiger partial charge in [-0.25, -0.2) is 0 Å². The van der Waals surface area contributed by atoms with E-state index in [2.05, 4.69) is 42.9 Å². The Balaban J connectivity index is 2.61. The molecule has 2 heterocycles. The summed E-state index contributed by atoms with van der Waals surface area (Å²) in [5.41, 5.74) is 3.53. The normalized spacial score (nSPS) is 11.4. The fourth-order valence-electron chi connectivity index (χ4n) is 1.50. The third-order valence-electron chi connectivity index (χ3n) is 2.25. The summed E-state index contributed by atoms with van der Waals surface area (Å²) in [7, 11) is 0. The first-order valence-electron chi connectivity index (χ1n) is 4.62. The number of hydrogen-bond donors (Lipinski definition) is 1. The van der Waals surface area contributed by atoms with Crippen molar-refractivity contribution in [3.63, 3.8) is 0 Å². The number of aromatic amines is 1. The summed E-state index contributed by atoms with van der Waals surface area (Å²) in [5.74, 6) is 0.494. The molecule has 68 valence electrons. The van der Waals surface area contributed by atoms with Crippen molar-refractivity contribution in [2.45, 2.75) is 26.7 Å². The van der Waals surface area contributed by atoms with E-state index in [-0.39, 0.29) is 0 Å². The van der Waals surface area contributed by atoms with E-state index in [1.807, 2.05) is 6.20 Å². The first-order chi connectivity index (χ1) is 6.16. The number of nitrogens with zero attached hydrogens (tertiary/aromatic N) is 1. The van der Waals surface area contributed by atoms with Gasteiger partial charge in [0.15, 0.2) is 0 Å². The lowest BCUT2D eigenvalue weighted by molar-refractivity contribution is 0.826. The van der Waals surface area contributed by atoms with Gasteiger partial charge in [0.1, 0.15) is 0 Å². The molecule has 0 atom stereocenters. The second kappa shape index (κ2) is 2.87. The zero-order chi connectivity index (χ0) is 9.42. The van der Waals surface area contributed by atoms with Crippen molar-refractivity contribution in [2.24, 2.45) is 0 Å². The van der Waals surface area contributed by atoms with Gasteiger partial charge in [-0.1, -0.05) is 13.8 Å². The summed E-state index contributed by atoms with van der Waals surface area (Å²) in [6, 6.07) is 4.25. The maximum absolute atomic E-state index is 4.40. The quantitative estimate of drug-likeness (QED) is 0.707. The number of aryl methyl sites for hydroxylation is 1. The van der Waals surface area contributed by atoms with Gasteiger partial charge in [0.2, 0.25) is 0 Å². The van der Waals surface area contributed by atoms with Crippen LogP contribution in [0.1, 0.15) is 31.2 Å². The monoisotopic (exact) mass is 174 g/mol. The summed E-state index contributed by atoms with van der Waals surface area (Å²) in [5, 5.41) is 1.20. The molecule has 2 nitrogen and oxygen atoms in total. The largest absolute Gasteiger partial charge is 0.359 e. The number of pyridine rings is 1. The lowest BCUT2D eigenvalue weighted by Gasteiger charge is -2.02. The Kier molecular flexibility index (Phi) is 1.83. The Bertz CT molecular complexity index is 427. The smallest absolute Gasteiger partial charge is 0.0489 e. The molecule has 0 spiro atoms. The summed E-state index contributed by atoms with van der Waals surface area (Å²) in [4.78, 5) is 7.71. The SMILES string of the molecule is Cc1cc2cnc(C(C)C)cc2[nH]1. The molecular formula is C11H14N2. The lowest BCUT2D eigenvalue weighted by Crippen LogP contribution is -1.90. The maximum Gasteiger partial charge on any atom is 0.0489 e. The van der Waals surface area contributed by atoms with Crippen molar-refractivity contribution in [1.82, 2.24) is 9.97 Å². The van der Waals surface area contributed by atoms with E-state index in [4.69, 9.17) is 0 Å². The molecule has 0 bridgehead atoms. The fourth-order valence-corrected chi connectivity index (χ4v) is 1.50. The Labute approximate surface area is 78.0 Å². The zero-order valence-electron chi connectivity index (χ0n) is 8.26. The highest BCUT2D eigenvalue weighted by Crippen LogP contribution is 2.18. The van der Waals surface area contributed by atoms with Crippen molar-refractivity contribution < 1.29 is 0 Å². The molecule has 0 radical (unpaired) electrons. The fraction of sp³-hybridized carbons (Fsp3) is 0.364. The number of H-pyrrole nitrogens is 1. The Morgan fingerprint density at radius 3 is 2.77 bits per heavy atom. The molecule has 0 saturated heterocycles. The Morgan fingerprint density at radius 1 is 1.31 bits per heavy atom. The first-order valence-corrected chi connectivity index (χ1v) is 4.62. The third kappa shape index (κ3) is 1.44. The van der Waals surface area contributed by atoms with Crippen LogP contribution in [-0.2, 0) is 0 Å². The minimum absolute atomic E-state index is 0.494. The molecule has 2 rings (SSSR count). The molecule has 13 heavy (non-hydrogen) atoms. The second-order valence-electron chi connectivity index (χ2n) is 3.80. The van der Waals surface area contributed by atoms with Crippen molar-refractivity contribution in [3.8, 4) is 0 Å². The van der Waals surface area contributed by atoms with Gasteiger partial charge in [-0.05, 0) is 25.0 Å². The van der Waals surface area contributed by atoms with Crippen molar-refractivity contribution in [3.05, 3.63) is 29.7 Å². The highest BCUT2D eigenvalue weighted by molar-refractivity contribution is 5.79. The van der Waals surface area contributed by atoms with Crippen LogP contribution >= 0.6 is 0 Å². The van der Waals surface area contributed by atoms with Gasteiger partial charge in [0.05, 0.1) is 0 Å². The van der Waals surface area contributed by atoms with Crippen molar-refractivity contribution >= 4 is 10.9 Å². The van der Waals surface area contributed by atoms with E-state index in [1.54, 1.807) is 0 Å². The van der Waals surface area contributed by atoms with Crippen LogP contribution in [0.15, 0.2) is 18.3 Å². The highest BCUT2D eigenvalue weighted by Gasteiger charge is 2.03. The van der Waals surface area contributed by atoms with Gasteiger partial charge < -0.3 is 4.98 Å². The Hall–Kier alpha value is -1.31. The molecular weight excluding hydrogens is 160 g/mol. The minimum atomic E-state index is 0.494. The average Bonchev–Trinajstić information content (AvgIpc) is 2.42. The van der Waals surface area contributed by atoms with Gasteiger partial charge in [0.25, 0.3) is 0 Å². The highest BCUT2D eigenvalue weighted by atomic mass is 14.7. The lowest BCUT2D eigenvalue weighted by atomic mass is 10.1. The van der Waals surface area contributed by atoms with Crippen LogP contribution in [-0.4, -0.2) is 9.97 Å². The van der Waals surface area contributed by atoms with Crippen molar-refractivity contribution in [2.75, 3.05) is 0 Å². The van der Waals surface area contributed by atoms with Gasteiger partial charge in [-0.3, -0.25) is 4.98 Å². The third-order valence-corrected chi connectivity index (χ3v) is 2.25. The molecule has 2 aromatic rings. The van der Waals surface area contributed by atoms with Crippen LogP contribution in [0.4, 0.5) is 0 Å². The van der Waals surface area contributed by atoms with E-state index in [9.17, 15) is 0 Å². The van der Waals surface area contributed by atoms with E-state index >= 15 is 0 Å². The summed E-state index contributed by atoms with van der Waals surface area (Å²) in [6.07, 6.45) is 1.94. The van der Waals surface area contributed by atoms with Crippen molar-refractivity contribution in [1.29, 1.82) is 0 Å². The number of hydrogen-bond acceptors (Lipinski definition) is 1. The van der Waals surface area contributed by atoms with Gasteiger partial charge >= 0.3 is 0 Å². The van der Waals surface area contributed by atoms with Crippen LogP contribution in [0.3, 0.4) is 0 Å². The summed E-state index contributed by atoms with van der Waals surface area (Å²) >= 11 is 0. The number of fused-ring (bicyclic) bond motifs is 1. The molecule has 0 aliphatic heterocycles. The summed E-state index contributed by atoms with van der Waals surface area (Å²) in [6.45, 7) is 6.38. The van der Waals surface area contributed by atoms with Gasteiger partial charge in [0, 0.05) is 28.5 Å². The maximum atomic E-state index is 4.40. The van der Waals surface area contributed by atoms with Gasteiger partial charge in [-0.15, -0.1) is 0 Å². The van der Waals surface area contributed by atoms with Crippen LogP contribution in [0.25, 0.3) is 10.9 Å². The van der Waals surface area contributed by atoms with Crippen LogP contribution < -0.4 is 0 Å². The molecule has 0 amide bonds. The molecule has 0 aromatic carbocycles. The molecule has 0 aliphatic carbocycles. The zero-order valence-corrected chi connectivity index (χ0v) is 8.26. The topological polar surface area (TPSA) is 28.7 Å². The van der Waals surface area contributed by atoms with Crippen LogP contribution in [0, 0.1) is 6.92 Å². The molecule has 1 N–H and O–H groups in total. The van der Waals surface area contributed by atoms with E-state index < -0.39 is 0 Å². The standard InChI is InChI=1S/C11H14N2/c1-7(2)10-5-11-9(6-12-10)4-8(3)13-11/h4-7,13H,1-3H3. The average molecular weight is 174 g/mol. The number of nitrogens with one attached hydrogen (secondary N) is 1. The van der Waals surface area contributed by atoms with E-state index in [1.165, 1.54) is 16.6 Å². The van der Waals surface area contributed by atoms with E-state index in [0.717, 1.165) is 5.69 Å². The minimum Gasteiger partial charge on any atom is -0.359 e. The first kappa shape index (κ1) is 8.30. The molecule has 2 aromatic heterocycles. The van der Waals surface area contributed by atoms with Crippen LogP contribution in [0.5, 0.6) is 0 Å². The number of rotatable bonds is 1. The Morgan fingerprint density at radius 2 is 2.08 bits per heavy atom. The second-order valence-corrected chi connectivity index (χ2v) is 3.80. The van der Waals surface area contributed by atoms with Gasteiger partial charge in [-0.2, -0.15) is 0 Å². The predicted octanol–water partition coefficient (Wildman–Crippen LogP) is 2.99.